The number of rotatable bonds is 6. The molecule has 1 aliphatic heterocycles. The van der Waals surface area contributed by atoms with E-state index in [2.05, 4.69) is 54.9 Å². The molecule has 1 aromatic heterocycles. The SMILES string of the molecule is CCC(CC)n1ccc(CN2CCCNC(C)(CC)C2)n1. The first-order valence-corrected chi connectivity index (χ1v) is 8.61. The molecule has 1 fully saturated rings. The van der Waals surface area contributed by atoms with E-state index >= 15 is 0 Å². The van der Waals surface area contributed by atoms with Crippen molar-refractivity contribution >= 4 is 0 Å². The molecule has 0 aromatic carbocycles. The number of hydrogen-bond donors (Lipinski definition) is 1. The van der Waals surface area contributed by atoms with Crippen molar-refractivity contribution in [2.24, 2.45) is 0 Å². The largest absolute Gasteiger partial charge is 0.310 e. The summed E-state index contributed by atoms with van der Waals surface area (Å²) in [6.45, 7) is 13.5. The van der Waals surface area contributed by atoms with E-state index in [1.807, 2.05) is 0 Å². The van der Waals surface area contributed by atoms with Crippen molar-refractivity contribution in [1.29, 1.82) is 0 Å². The maximum atomic E-state index is 4.81. The van der Waals surface area contributed by atoms with E-state index in [0.717, 1.165) is 32.5 Å². The molecule has 4 heteroatoms. The van der Waals surface area contributed by atoms with E-state index in [4.69, 9.17) is 5.10 Å². The molecule has 1 unspecified atom stereocenters. The minimum atomic E-state index is 0.244. The predicted molar refractivity (Wildman–Crippen MR) is 88.4 cm³/mol. The van der Waals surface area contributed by atoms with Crippen molar-refractivity contribution in [2.45, 2.75) is 71.5 Å². The molecule has 0 radical (unpaired) electrons. The van der Waals surface area contributed by atoms with Crippen molar-refractivity contribution in [1.82, 2.24) is 20.0 Å². The van der Waals surface area contributed by atoms with E-state index in [1.165, 1.54) is 25.1 Å². The van der Waals surface area contributed by atoms with Gasteiger partial charge in [0.25, 0.3) is 0 Å². The van der Waals surface area contributed by atoms with Gasteiger partial charge in [-0.3, -0.25) is 9.58 Å². The quantitative estimate of drug-likeness (QED) is 0.874. The molecule has 0 aliphatic carbocycles. The van der Waals surface area contributed by atoms with Crippen LogP contribution in [0, 0.1) is 0 Å². The third kappa shape index (κ3) is 4.30. The van der Waals surface area contributed by atoms with Crippen LogP contribution in [0.5, 0.6) is 0 Å². The van der Waals surface area contributed by atoms with Gasteiger partial charge in [0.15, 0.2) is 0 Å². The fraction of sp³-hybridized carbons (Fsp3) is 0.824. The maximum Gasteiger partial charge on any atom is 0.0764 e. The van der Waals surface area contributed by atoms with Gasteiger partial charge in [0, 0.05) is 24.8 Å². The summed E-state index contributed by atoms with van der Waals surface area (Å²) in [7, 11) is 0. The summed E-state index contributed by atoms with van der Waals surface area (Å²) in [5, 5.41) is 8.50. The summed E-state index contributed by atoms with van der Waals surface area (Å²) < 4.78 is 2.16. The summed E-state index contributed by atoms with van der Waals surface area (Å²) in [5.41, 5.74) is 1.45. The summed E-state index contributed by atoms with van der Waals surface area (Å²) >= 11 is 0. The average molecular weight is 292 g/mol. The van der Waals surface area contributed by atoms with Crippen LogP contribution in [-0.2, 0) is 6.54 Å². The van der Waals surface area contributed by atoms with Crippen LogP contribution < -0.4 is 5.32 Å². The average Bonchev–Trinajstić information content (AvgIpc) is 2.84. The van der Waals surface area contributed by atoms with Crippen LogP contribution in [0.15, 0.2) is 12.3 Å². The highest BCUT2D eigenvalue weighted by Gasteiger charge is 2.27. The lowest BCUT2D eigenvalue weighted by atomic mass is 9.98. The van der Waals surface area contributed by atoms with Crippen LogP contribution in [0.25, 0.3) is 0 Å². The molecule has 1 aromatic rings. The van der Waals surface area contributed by atoms with E-state index in [0.29, 0.717) is 6.04 Å². The monoisotopic (exact) mass is 292 g/mol. The molecular formula is C17H32N4. The molecule has 120 valence electrons. The Morgan fingerprint density at radius 1 is 1.33 bits per heavy atom. The number of nitrogens with one attached hydrogen (secondary N) is 1. The molecule has 1 atom stereocenters. The Kier molecular flexibility index (Phi) is 5.82. The second kappa shape index (κ2) is 7.41. The van der Waals surface area contributed by atoms with Crippen molar-refractivity contribution in [2.75, 3.05) is 19.6 Å². The standard InChI is InChI=1S/C17H32N4/c1-5-16(6-2)21-12-9-15(19-21)13-20-11-8-10-18-17(4,7-3)14-20/h9,12,16,18H,5-8,10-11,13-14H2,1-4H3. The Morgan fingerprint density at radius 2 is 2.10 bits per heavy atom. The maximum absolute atomic E-state index is 4.81. The third-order valence-corrected chi connectivity index (χ3v) is 4.92. The lowest BCUT2D eigenvalue weighted by molar-refractivity contribution is 0.206. The first-order valence-electron chi connectivity index (χ1n) is 8.61. The first-order chi connectivity index (χ1) is 10.1. The van der Waals surface area contributed by atoms with Crippen molar-refractivity contribution < 1.29 is 0 Å². The summed E-state index contributed by atoms with van der Waals surface area (Å²) in [6, 6.07) is 2.74. The number of aromatic nitrogens is 2. The molecule has 0 saturated carbocycles. The molecule has 1 aliphatic rings. The van der Waals surface area contributed by atoms with Gasteiger partial charge in [0.2, 0.25) is 0 Å². The lowest BCUT2D eigenvalue weighted by Crippen LogP contribution is -2.48. The second-order valence-corrected chi connectivity index (χ2v) is 6.66. The fourth-order valence-electron chi connectivity index (χ4n) is 3.25. The van der Waals surface area contributed by atoms with Crippen LogP contribution in [0.3, 0.4) is 0 Å². The van der Waals surface area contributed by atoms with E-state index in [1.54, 1.807) is 0 Å². The van der Waals surface area contributed by atoms with Gasteiger partial charge >= 0.3 is 0 Å². The van der Waals surface area contributed by atoms with Crippen LogP contribution in [0.4, 0.5) is 0 Å². The highest BCUT2D eigenvalue weighted by Crippen LogP contribution is 2.18. The Balaban J connectivity index is 2.00. The Morgan fingerprint density at radius 3 is 2.76 bits per heavy atom. The van der Waals surface area contributed by atoms with Gasteiger partial charge in [-0.1, -0.05) is 20.8 Å². The normalized spacial score (nSPS) is 24.4. The third-order valence-electron chi connectivity index (χ3n) is 4.92. The molecule has 1 N–H and O–H groups in total. The minimum absolute atomic E-state index is 0.244. The zero-order chi connectivity index (χ0) is 15.3. The first kappa shape index (κ1) is 16.5. The van der Waals surface area contributed by atoms with Crippen molar-refractivity contribution in [3.8, 4) is 0 Å². The molecule has 4 nitrogen and oxygen atoms in total. The minimum Gasteiger partial charge on any atom is -0.310 e. The smallest absolute Gasteiger partial charge is 0.0764 e. The molecule has 1 saturated heterocycles. The topological polar surface area (TPSA) is 33.1 Å². The number of hydrogen-bond acceptors (Lipinski definition) is 3. The van der Waals surface area contributed by atoms with Gasteiger partial charge in [-0.25, -0.2) is 0 Å². The molecule has 2 heterocycles. The fourth-order valence-corrected chi connectivity index (χ4v) is 3.25. The number of nitrogens with zero attached hydrogens (tertiary/aromatic N) is 3. The summed E-state index contributed by atoms with van der Waals surface area (Å²) in [6.07, 6.45) is 6.86. The predicted octanol–water partition coefficient (Wildman–Crippen LogP) is 3.21. The van der Waals surface area contributed by atoms with Gasteiger partial charge in [-0.05, 0) is 51.8 Å². The molecule has 0 spiro atoms. The van der Waals surface area contributed by atoms with Gasteiger partial charge in [0.05, 0.1) is 11.7 Å². The summed E-state index contributed by atoms with van der Waals surface area (Å²) in [4.78, 5) is 2.56. The second-order valence-electron chi connectivity index (χ2n) is 6.66. The molecule has 2 rings (SSSR count). The van der Waals surface area contributed by atoms with E-state index < -0.39 is 0 Å². The molecule has 0 amide bonds. The Hall–Kier alpha value is -0.870. The van der Waals surface area contributed by atoms with Crippen molar-refractivity contribution in [3.05, 3.63) is 18.0 Å². The van der Waals surface area contributed by atoms with Crippen molar-refractivity contribution in [3.63, 3.8) is 0 Å². The Bertz CT molecular complexity index is 424. The van der Waals surface area contributed by atoms with E-state index in [-0.39, 0.29) is 5.54 Å². The van der Waals surface area contributed by atoms with Crippen LogP contribution >= 0.6 is 0 Å². The van der Waals surface area contributed by atoms with Gasteiger partial charge in [0.1, 0.15) is 0 Å². The zero-order valence-electron chi connectivity index (χ0n) is 14.2. The van der Waals surface area contributed by atoms with Crippen LogP contribution in [-0.4, -0.2) is 39.9 Å². The van der Waals surface area contributed by atoms with Crippen LogP contribution in [0.2, 0.25) is 0 Å². The Labute approximate surface area is 129 Å². The molecular weight excluding hydrogens is 260 g/mol. The van der Waals surface area contributed by atoms with E-state index in [9.17, 15) is 0 Å². The van der Waals surface area contributed by atoms with Gasteiger partial charge in [-0.2, -0.15) is 5.10 Å². The molecule has 0 bridgehead atoms. The molecule has 21 heavy (non-hydrogen) atoms. The van der Waals surface area contributed by atoms with Gasteiger partial charge < -0.3 is 5.32 Å². The highest BCUT2D eigenvalue weighted by atomic mass is 15.3. The lowest BCUT2D eigenvalue weighted by Gasteiger charge is -2.32. The van der Waals surface area contributed by atoms with Gasteiger partial charge in [-0.15, -0.1) is 0 Å². The van der Waals surface area contributed by atoms with Crippen LogP contribution in [0.1, 0.15) is 65.1 Å². The zero-order valence-corrected chi connectivity index (χ0v) is 14.2. The summed E-state index contributed by atoms with van der Waals surface area (Å²) in [5.74, 6) is 0. The highest BCUT2D eigenvalue weighted by molar-refractivity contribution is 5.01.